The van der Waals surface area contributed by atoms with Crippen molar-refractivity contribution in [3.63, 3.8) is 0 Å². The molecule has 0 saturated carbocycles. The van der Waals surface area contributed by atoms with Crippen molar-refractivity contribution in [3.8, 4) is 5.75 Å². The van der Waals surface area contributed by atoms with Gasteiger partial charge in [0.15, 0.2) is 26.3 Å². The maximum Gasteiger partial charge on any atom is 0.170 e. The number of ether oxygens (including phenoxy) is 1. The summed E-state index contributed by atoms with van der Waals surface area (Å²) in [5.74, 6) is -0.0851. The summed E-state index contributed by atoms with van der Waals surface area (Å²) in [6.45, 7) is 3.92. The average molecular weight is 416 g/mol. The molecule has 30 heavy (non-hydrogen) atoms. The van der Waals surface area contributed by atoms with Gasteiger partial charge in [0.05, 0.1) is 10.9 Å². The minimum atomic E-state index is -0.654. The van der Waals surface area contributed by atoms with Crippen LogP contribution < -0.4 is 4.74 Å². The normalized spacial score (nSPS) is 11.5. The lowest BCUT2D eigenvalue weighted by atomic mass is 9.98. The molecule has 0 spiro atoms. The molecule has 0 fully saturated rings. The number of hydrogen-bond acceptors (Lipinski definition) is 1. The second kappa shape index (κ2) is 8.76. The van der Waals surface area contributed by atoms with Gasteiger partial charge in [-0.3, -0.25) is 0 Å². The van der Waals surface area contributed by atoms with Gasteiger partial charge in [0.1, 0.15) is 5.60 Å². The van der Waals surface area contributed by atoms with Crippen LogP contribution in [0, 0.1) is 5.82 Å². The van der Waals surface area contributed by atoms with Crippen LogP contribution in [-0.2, 0) is 16.5 Å². The van der Waals surface area contributed by atoms with Crippen LogP contribution in [0.3, 0.4) is 0 Å². The van der Waals surface area contributed by atoms with Crippen molar-refractivity contribution in [2.75, 3.05) is 0 Å². The second-order valence-corrected chi connectivity index (χ2v) is 9.53. The van der Waals surface area contributed by atoms with E-state index < -0.39 is 5.60 Å². The first-order valence-corrected chi connectivity index (χ1v) is 11.2. The SMILES string of the molecule is CC(C)(Oc1cc([S+](c2ccccc2)c2ccccc2)ccc1F)c1ccccc1. The summed E-state index contributed by atoms with van der Waals surface area (Å²) in [7, 11) is -0.353. The molecular weight excluding hydrogens is 391 g/mol. The van der Waals surface area contributed by atoms with Crippen LogP contribution in [0.5, 0.6) is 5.75 Å². The summed E-state index contributed by atoms with van der Waals surface area (Å²) in [5, 5.41) is 0. The van der Waals surface area contributed by atoms with Gasteiger partial charge >= 0.3 is 0 Å². The molecule has 0 radical (unpaired) electrons. The number of rotatable bonds is 6. The summed E-state index contributed by atoms with van der Waals surface area (Å²) >= 11 is 0. The summed E-state index contributed by atoms with van der Waals surface area (Å²) < 4.78 is 21.0. The van der Waals surface area contributed by atoms with Gasteiger partial charge in [-0.05, 0) is 55.8 Å². The fourth-order valence-corrected chi connectivity index (χ4v) is 5.49. The fraction of sp³-hybridized carbons (Fsp3) is 0.111. The number of hydrogen-bond donors (Lipinski definition) is 0. The van der Waals surface area contributed by atoms with E-state index in [0.29, 0.717) is 0 Å². The van der Waals surface area contributed by atoms with Crippen LogP contribution >= 0.6 is 0 Å². The van der Waals surface area contributed by atoms with Crippen molar-refractivity contribution in [2.45, 2.75) is 34.1 Å². The first-order valence-electron chi connectivity index (χ1n) is 9.93. The van der Waals surface area contributed by atoms with Crippen molar-refractivity contribution >= 4 is 10.9 Å². The fourth-order valence-electron chi connectivity index (χ4n) is 3.38. The Hall–Kier alpha value is -3.04. The standard InChI is InChI=1S/C27H24FOS/c1-27(2,21-12-6-3-7-13-21)29-26-20-24(18-19-25(26)28)30(22-14-8-4-9-15-22)23-16-10-5-11-17-23/h3-20H,1-2H3/q+1. The third kappa shape index (κ3) is 4.42. The highest BCUT2D eigenvalue weighted by molar-refractivity contribution is 7.97. The van der Waals surface area contributed by atoms with Gasteiger partial charge in [0.2, 0.25) is 0 Å². The molecule has 0 unspecified atom stereocenters. The molecule has 4 aromatic carbocycles. The van der Waals surface area contributed by atoms with Crippen molar-refractivity contribution < 1.29 is 9.13 Å². The lowest BCUT2D eigenvalue weighted by Gasteiger charge is -2.27. The van der Waals surface area contributed by atoms with Gasteiger partial charge in [-0.15, -0.1) is 0 Å². The minimum Gasteiger partial charge on any atom is -0.480 e. The van der Waals surface area contributed by atoms with Crippen molar-refractivity contribution in [1.29, 1.82) is 0 Å². The third-order valence-corrected chi connectivity index (χ3v) is 7.14. The highest BCUT2D eigenvalue weighted by Gasteiger charge is 2.31. The highest BCUT2D eigenvalue weighted by Crippen LogP contribution is 2.36. The number of benzene rings is 4. The van der Waals surface area contributed by atoms with Gasteiger partial charge in [0.25, 0.3) is 0 Å². The molecular formula is C27H24FOS+. The van der Waals surface area contributed by atoms with Gasteiger partial charge < -0.3 is 4.74 Å². The molecule has 4 rings (SSSR count). The first kappa shape index (κ1) is 20.2. The summed E-state index contributed by atoms with van der Waals surface area (Å²) in [6, 6.07) is 35.8. The Labute approximate surface area is 180 Å². The summed E-state index contributed by atoms with van der Waals surface area (Å²) in [5.41, 5.74) is 0.346. The zero-order valence-electron chi connectivity index (χ0n) is 17.1. The van der Waals surface area contributed by atoms with Crippen LogP contribution in [0.1, 0.15) is 19.4 Å². The summed E-state index contributed by atoms with van der Waals surface area (Å²) in [4.78, 5) is 3.39. The quantitative estimate of drug-likeness (QED) is 0.302. The minimum absolute atomic E-state index is 0.269. The van der Waals surface area contributed by atoms with Crippen molar-refractivity contribution in [1.82, 2.24) is 0 Å². The maximum atomic E-state index is 14.8. The smallest absolute Gasteiger partial charge is 0.170 e. The average Bonchev–Trinajstić information content (AvgIpc) is 2.78. The van der Waals surface area contributed by atoms with E-state index in [-0.39, 0.29) is 22.5 Å². The van der Waals surface area contributed by atoms with E-state index in [4.69, 9.17) is 4.74 Å². The van der Waals surface area contributed by atoms with Crippen molar-refractivity contribution in [2.24, 2.45) is 0 Å². The zero-order valence-corrected chi connectivity index (χ0v) is 17.9. The lowest BCUT2D eigenvalue weighted by molar-refractivity contribution is 0.102. The Morgan fingerprint density at radius 2 is 1.13 bits per heavy atom. The molecule has 0 N–H and O–H groups in total. The molecule has 0 atom stereocenters. The molecule has 0 heterocycles. The monoisotopic (exact) mass is 415 g/mol. The predicted octanol–water partition coefficient (Wildman–Crippen LogP) is 7.24. The predicted molar refractivity (Wildman–Crippen MR) is 122 cm³/mol. The van der Waals surface area contributed by atoms with Crippen molar-refractivity contribution in [3.05, 3.63) is 121 Å². The van der Waals surface area contributed by atoms with E-state index >= 15 is 0 Å². The van der Waals surface area contributed by atoms with E-state index in [1.54, 1.807) is 0 Å². The zero-order chi connectivity index (χ0) is 21.0. The Morgan fingerprint density at radius 1 is 0.633 bits per heavy atom. The molecule has 0 bridgehead atoms. The van der Waals surface area contributed by atoms with Gasteiger partial charge in [-0.25, -0.2) is 4.39 Å². The van der Waals surface area contributed by atoms with E-state index in [2.05, 4.69) is 24.3 Å². The van der Waals surface area contributed by atoms with Crippen LogP contribution in [0.25, 0.3) is 0 Å². The van der Waals surface area contributed by atoms with E-state index in [1.807, 2.05) is 92.7 Å². The van der Waals surface area contributed by atoms with Gasteiger partial charge in [-0.2, -0.15) is 0 Å². The molecule has 1 nitrogen and oxygen atoms in total. The maximum absolute atomic E-state index is 14.8. The van der Waals surface area contributed by atoms with Crippen LogP contribution in [-0.4, -0.2) is 0 Å². The molecule has 0 aromatic heterocycles. The molecule has 0 amide bonds. The van der Waals surface area contributed by atoms with Crippen LogP contribution in [0.2, 0.25) is 0 Å². The second-order valence-electron chi connectivity index (χ2n) is 7.50. The van der Waals surface area contributed by atoms with Gasteiger partial charge in [0, 0.05) is 6.07 Å². The molecule has 3 heteroatoms. The number of halogens is 1. The molecule has 0 saturated heterocycles. The van der Waals surface area contributed by atoms with Gasteiger partial charge in [-0.1, -0.05) is 66.7 Å². The van der Waals surface area contributed by atoms with Crippen LogP contribution in [0.15, 0.2) is 124 Å². The lowest BCUT2D eigenvalue weighted by Crippen LogP contribution is -2.25. The molecule has 150 valence electrons. The molecule has 0 aliphatic rings. The highest BCUT2D eigenvalue weighted by atomic mass is 32.2. The Bertz CT molecular complexity index is 1060. The molecule has 0 aliphatic carbocycles. The molecule has 4 aromatic rings. The molecule has 0 aliphatic heterocycles. The van der Waals surface area contributed by atoms with Crippen LogP contribution in [0.4, 0.5) is 4.39 Å². The topological polar surface area (TPSA) is 9.23 Å². The summed E-state index contributed by atoms with van der Waals surface area (Å²) in [6.07, 6.45) is 0. The first-order chi connectivity index (χ1) is 14.5. The Kier molecular flexibility index (Phi) is 5.91. The largest absolute Gasteiger partial charge is 0.480 e. The third-order valence-electron chi connectivity index (χ3n) is 4.93. The van der Waals surface area contributed by atoms with E-state index in [9.17, 15) is 4.39 Å². The van der Waals surface area contributed by atoms with E-state index in [1.165, 1.54) is 15.9 Å². The van der Waals surface area contributed by atoms with E-state index in [0.717, 1.165) is 10.5 Å². The Morgan fingerprint density at radius 3 is 1.67 bits per heavy atom. The Balaban J connectivity index is 1.75.